The first-order chi connectivity index (χ1) is 8.74. The lowest BCUT2D eigenvalue weighted by atomic mass is 10.3. The third kappa shape index (κ3) is 4.22. The van der Waals surface area contributed by atoms with Crippen LogP contribution in [0.3, 0.4) is 0 Å². The Bertz CT molecular complexity index is 342. The van der Waals surface area contributed by atoms with Gasteiger partial charge in [-0.3, -0.25) is 0 Å². The van der Waals surface area contributed by atoms with Gasteiger partial charge in [-0.15, -0.1) is 0 Å². The maximum atomic E-state index is 5.62. The molecule has 0 unspecified atom stereocenters. The average molecular weight is 248 g/mol. The van der Waals surface area contributed by atoms with Gasteiger partial charge in [-0.25, -0.2) is 0 Å². The van der Waals surface area contributed by atoms with Crippen molar-refractivity contribution < 1.29 is 4.74 Å². The van der Waals surface area contributed by atoms with Gasteiger partial charge in [0.1, 0.15) is 5.75 Å². The van der Waals surface area contributed by atoms with E-state index in [1.807, 2.05) is 26.0 Å². The summed E-state index contributed by atoms with van der Waals surface area (Å²) in [6.07, 6.45) is 2.96. The number of hydrogen-bond acceptors (Lipinski definition) is 3. The summed E-state index contributed by atoms with van der Waals surface area (Å²) >= 11 is 0. The summed E-state index contributed by atoms with van der Waals surface area (Å²) in [5.41, 5.74) is 1.17. The van der Waals surface area contributed by atoms with E-state index < -0.39 is 0 Å². The molecule has 1 N–H and O–H groups in total. The van der Waals surface area contributed by atoms with Crippen LogP contribution in [0.1, 0.15) is 26.7 Å². The van der Waals surface area contributed by atoms with Gasteiger partial charge in [0.2, 0.25) is 0 Å². The Labute approximate surface area is 110 Å². The van der Waals surface area contributed by atoms with Crippen LogP contribution in [0.2, 0.25) is 0 Å². The van der Waals surface area contributed by atoms with Crippen LogP contribution in [0.25, 0.3) is 0 Å². The largest absolute Gasteiger partial charge is 0.491 e. The van der Waals surface area contributed by atoms with Crippen LogP contribution in [-0.4, -0.2) is 37.2 Å². The maximum absolute atomic E-state index is 5.62. The second-order valence-corrected chi connectivity index (χ2v) is 5.17. The van der Waals surface area contributed by atoms with Gasteiger partial charge in [-0.1, -0.05) is 0 Å². The van der Waals surface area contributed by atoms with Crippen LogP contribution in [0.15, 0.2) is 24.3 Å². The van der Waals surface area contributed by atoms with Gasteiger partial charge >= 0.3 is 0 Å². The first-order valence-corrected chi connectivity index (χ1v) is 6.97. The lowest BCUT2D eigenvalue weighted by Crippen LogP contribution is -2.25. The van der Waals surface area contributed by atoms with Crippen molar-refractivity contribution in [2.24, 2.45) is 0 Å². The molecule has 1 fully saturated rings. The van der Waals surface area contributed by atoms with Crippen molar-refractivity contribution in [3.8, 4) is 5.75 Å². The number of rotatable bonds is 6. The molecule has 0 amide bonds. The average Bonchev–Trinajstić information content (AvgIpc) is 2.84. The molecule has 1 saturated heterocycles. The molecule has 0 spiro atoms. The molecular formula is C15H24N2O. The number of nitrogens with zero attached hydrogens (tertiary/aromatic N) is 1. The number of ether oxygens (including phenoxy) is 1. The molecular weight excluding hydrogens is 224 g/mol. The van der Waals surface area contributed by atoms with E-state index >= 15 is 0 Å². The molecule has 0 saturated carbocycles. The minimum Gasteiger partial charge on any atom is -0.491 e. The van der Waals surface area contributed by atoms with Gasteiger partial charge < -0.3 is 15.0 Å². The van der Waals surface area contributed by atoms with Gasteiger partial charge in [-0.05, 0) is 64.0 Å². The lowest BCUT2D eigenvalue weighted by Gasteiger charge is -2.15. The van der Waals surface area contributed by atoms with E-state index in [1.165, 1.54) is 31.6 Å². The van der Waals surface area contributed by atoms with E-state index in [0.29, 0.717) is 0 Å². The maximum Gasteiger partial charge on any atom is 0.119 e. The van der Waals surface area contributed by atoms with Gasteiger partial charge in [0, 0.05) is 18.8 Å². The van der Waals surface area contributed by atoms with Crippen LogP contribution < -0.4 is 10.1 Å². The fraction of sp³-hybridized carbons (Fsp3) is 0.600. The second-order valence-electron chi connectivity index (χ2n) is 5.17. The fourth-order valence-electron chi connectivity index (χ4n) is 2.29. The Morgan fingerprint density at radius 1 is 1.17 bits per heavy atom. The highest BCUT2D eigenvalue weighted by atomic mass is 16.5. The molecule has 2 rings (SSSR count). The van der Waals surface area contributed by atoms with E-state index in [-0.39, 0.29) is 6.10 Å². The van der Waals surface area contributed by atoms with Gasteiger partial charge in [0.05, 0.1) is 6.10 Å². The van der Waals surface area contributed by atoms with Crippen molar-refractivity contribution in [1.82, 2.24) is 4.90 Å². The zero-order valence-electron chi connectivity index (χ0n) is 11.5. The summed E-state index contributed by atoms with van der Waals surface area (Å²) in [6, 6.07) is 8.22. The standard InChI is InChI=1S/C15H24N2O/c1-13(2)18-15-7-5-14(6-8-15)16-9-12-17-10-3-4-11-17/h5-8,13,16H,3-4,9-12H2,1-2H3. The van der Waals surface area contributed by atoms with E-state index in [9.17, 15) is 0 Å². The molecule has 0 aromatic heterocycles. The Morgan fingerprint density at radius 3 is 2.44 bits per heavy atom. The second kappa shape index (κ2) is 6.64. The van der Waals surface area contributed by atoms with Crippen molar-refractivity contribution in [3.05, 3.63) is 24.3 Å². The highest BCUT2D eigenvalue weighted by Gasteiger charge is 2.09. The van der Waals surface area contributed by atoms with E-state index in [2.05, 4.69) is 22.3 Å². The van der Waals surface area contributed by atoms with E-state index in [0.717, 1.165) is 18.8 Å². The third-order valence-electron chi connectivity index (χ3n) is 3.18. The molecule has 0 radical (unpaired) electrons. The van der Waals surface area contributed by atoms with Crippen molar-refractivity contribution in [3.63, 3.8) is 0 Å². The van der Waals surface area contributed by atoms with Crippen LogP contribution in [-0.2, 0) is 0 Å². The molecule has 1 aromatic carbocycles. The lowest BCUT2D eigenvalue weighted by molar-refractivity contribution is 0.242. The number of anilines is 1. The molecule has 18 heavy (non-hydrogen) atoms. The number of benzene rings is 1. The van der Waals surface area contributed by atoms with Crippen LogP contribution in [0.4, 0.5) is 5.69 Å². The van der Waals surface area contributed by atoms with Crippen molar-refractivity contribution in [2.75, 3.05) is 31.5 Å². The summed E-state index contributed by atoms with van der Waals surface area (Å²) < 4.78 is 5.62. The predicted molar refractivity (Wildman–Crippen MR) is 76.4 cm³/mol. The summed E-state index contributed by atoms with van der Waals surface area (Å²) in [4.78, 5) is 2.52. The minimum absolute atomic E-state index is 0.235. The van der Waals surface area contributed by atoms with Crippen molar-refractivity contribution in [1.29, 1.82) is 0 Å². The Hall–Kier alpha value is -1.22. The monoisotopic (exact) mass is 248 g/mol. The Morgan fingerprint density at radius 2 is 1.83 bits per heavy atom. The number of hydrogen-bond donors (Lipinski definition) is 1. The summed E-state index contributed by atoms with van der Waals surface area (Å²) in [5.74, 6) is 0.940. The highest BCUT2D eigenvalue weighted by Crippen LogP contribution is 2.16. The van der Waals surface area contributed by atoms with Crippen molar-refractivity contribution >= 4 is 5.69 Å². The van der Waals surface area contributed by atoms with Gasteiger partial charge in [0.25, 0.3) is 0 Å². The fourth-order valence-corrected chi connectivity index (χ4v) is 2.29. The molecule has 3 nitrogen and oxygen atoms in total. The number of likely N-dealkylation sites (tertiary alicyclic amines) is 1. The molecule has 1 heterocycles. The summed E-state index contributed by atoms with van der Waals surface area (Å²) in [5, 5.41) is 3.45. The smallest absolute Gasteiger partial charge is 0.119 e. The van der Waals surface area contributed by atoms with Crippen LogP contribution in [0, 0.1) is 0 Å². The molecule has 0 bridgehead atoms. The topological polar surface area (TPSA) is 24.5 Å². The molecule has 100 valence electrons. The zero-order valence-corrected chi connectivity index (χ0v) is 11.5. The highest BCUT2D eigenvalue weighted by molar-refractivity contribution is 5.46. The Balaban J connectivity index is 1.72. The molecule has 0 aliphatic carbocycles. The Kier molecular flexibility index (Phi) is 4.88. The summed E-state index contributed by atoms with van der Waals surface area (Å²) in [6.45, 7) is 8.78. The summed E-state index contributed by atoms with van der Waals surface area (Å²) in [7, 11) is 0. The zero-order chi connectivity index (χ0) is 12.8. The van der Waals surface area contributed by atoms with E-state index in [4.69, 9.17) is 4.74 Å². The quantitative estimate of drug-likeness (QED) is 0.837. The predicted octanol–water partition coefficient (Wildman–Crippen LogP) is 2.98. The van der Waals surface area contributed by atoms with Gasteiger partial charge in [-0.2, -0.15) is 0 Å². The normalized spacial score (nSPS) is 16.2. The first kappa shape index (κ1) is 13.2. The molecule has 0 atom stereocenters. The van der Waals surface area contributed by atoms with Crippen LogP contribution >= 0.6 is 0 Å². The minimum atomic E-state index is 0.235. The van der Waals surface area contributed by atoms with Gasteiger partial charge in [0.15, 0.2) is 0 Å². The van der Waals surface area contributed by atoms with Crippen molar-refractivity contribution in [2.45, 2.75) is 32.8 Å². The molecule has 3 heteroatoms. The molecule has 1 aliphatic rings. The molecule has 1 aromatic rings. The molecule has 1 aliphatic heterocycles. The van der Waals surface area contributed by atoms with E-state index in [1.54, 1.807) is 0 Å². The SMILES string of the molecule is CC(C)Oc1ccc(NCCN2CCCC2)cc1. The third-order valence-corrected chi connectivity index (χ3v) is 3.18. The van der Waals surface area contributed by atoms with Crippen LogP contribution in [0.5, 0.6) is 5.75 Å². The first-order valence-electron chi connectivity index (χ1n) is 6.97. The number of nitrogens with one attached hydrogen (secondary N) is 1.